The first-order valence-corrected chi connectivity index (χ1v) is 8.75. The van der Waals surface area contributed by atoms with E-state index in [0.29, 0.717) is 5.56 Å². The lowest BCUT2D eigenvalue weighted by atomic mass is 10.2. The standard InChI is InChI=1S/C21H19N3O.ClH/c1-23-19-9-8-15(13-25)10-17(19)22-21(23)20-11-16-4-2-3-5-18(16)24(20)12-14-6-7-14;/h2-5,8-11,13-14H,6-7,12H2,1H3;1H. The van der Waals surface area contributed by atoms with E-state index in [9.17, 15) is 4.79 Å². The largest absolute Gasteiger partial charge is 0.338 e. The number of halogens is 1. The number of carbonyl (C=O) groups is 1. The molecule has 0 atom stereocenters. The zero-order valence-electron chi connectivity index (χ0n) is 14.6. The summed E-state index contributed by atoms with van der Waals surface area (Å²) in [6, 6.07) is 16.5. The van der Waals surface area contributed by atoms with E-state index in [-0.39, 0.29) is 12.4 Å². The van der Waals surface area contributed by atoms with Gasteiger partial charge >= 0.3 is 0 Å². The Balaban J connectivity index is 0.00000168. The molecule has 0 spiro atoms. The fraction of sp³-hybridized carbons (Fsp3) is 0.238. The van der Waals surface area contributed by atoms with Crippen LogP contribution in [0.5, 0.6) is 0 Å². The zero-order chi connectivity index (χ0) is 17.0. The van der Waals surface area contributed by atoms with E-state index in [0.717, 1.165) is 41.3 Å². The molecule has 4 nitrogen and oxygen atoms in total. The molecule has 2 aromatic heterocycles. The van der Waals surface area contributed by atoms with Crippen molar-refractivity contribution in [1.82, 2.24) is 14.1 Å². The summed E-state index contributed by atoms with van der Waals surface area (Å²) in [6.07, 6.45) is 3.51. The first-order chi connectivity index (χ1) is 12.2. The first-order valence-electron chi connectivity index (χ1n) is 8.75. The summed E-state index contributed by atoms with van der Waals surface area (Å²) < 4.78 is 4.54. The van der Waals surface area contributed by atoms with Gasteiger partial charge in [0.25, 0.3) is 0 Å². The molecular formula is C21H20ClN3O. The second kappa shape index (κ2) is 6.29. The van der Waals surface area contributed by atoms with Crippen LogP contribution in [-0.2, 0) is 13.6 Å². The molecule has 1 saturated carbocycles. The van der Waals surface area contributed by atoms with Crippen LogP contribution in [0.4, 0.5) is 0 Å². The lowest BCUT2D eigenvalue weighted by Gasteiger charge is -2.10. The lowest BCUT2D eigenvalue weighted by Crippen LogP contribution is -2.04. The number of aldehydes is 1. The number of aromatic nitrogens is 3. The average molecular weight is 366 g/mol. The van der Waals surface area contributed by atoms with Gasteiger partial charge in [-0.1, -0.05) is 18.2 Å². The van der Waals surface area contributed by atoms with Crippen molar-refractivity contribution in [3.63, 3.8) is 0 Å². The molecule has 0 amide bonds. The van der Waals surface area contributed by atoms with E-state index in [1.807, 2.05) is 25.2 Å². The molecule has 2 aromatic carbocycles. The van der Waals surface area contributed by atoms with Crippen LogP contribution in [0.3, 0.4) is 0 Å². The van der Waals surface area contributed by atoms with E-state index >= 15 is 0 Å². The molecule has 0 unspecified atom stereocenters. The van der Waals surface area contributed by atoms with Gasteiger partial charge in [-0.05, 0) is 49.1 Å². The van der Waals surface area contributed by atoms with Crippen molar-refractivity contribution in [1.29, 1.82) is 0 Å². The number of imidazole rings is 1. The van der Waals surface area contributed by atoms with Crippen LogP contribution in [0.2, 0.25) is 0 Å². The number of para-hydroxylation sites is 1. The minimum Gasteiger partial charge on any atom is -0.338 e. The number of nitrogens with zero attached hydrogens (tertiary/aromatic N) is 3. The van der Waals surface area contributed by atoms with Gasteiger partial charge in [-0.25, -0.2) is 4.98 Å². The van der Waals surface area contributed by atoms with Gasteiger partial charge in [0.05, 0.1) is 16.7 Å². The molecule has 2 heterocycles. The fourth-order valence-corrected chi connectivity index (χ4v) is 3.67. The van der Waals surface area contributed by atoms with Crippen molar-refractivity contribution in [2.45, 2.75) is 19.4 Å². The van der Waals surface area contributed by atoms with Crippen LogP contribution in [-0.4, -0.2) is 20.4 Å². The van der Waals surface area contributed by atoms with E-state index in [1.54, 1.807) is 0 Å². The molecule has 0 saturated heterocycles. The maximum absolute atomic E-state index is 11.1. The third-order valence-electron chi connectivity index (χ3n) is 5.22. The minimum absolute atomic E-state index is 0. The maximum Gasteiger partial charge on any atom is 0.157 e. The van der Waals surface area contributed by atoms with Crippen LogP contribution >= 0.6 is 12.4 Å². The predicted octanol–water partition coefficient (Wildman–Crippen LogP) is 4.84. The molecule has 0 radical (unpaired) electrons. The average Bonchev–Trinajstić information content (AvgIpc) is 3.31. The van der Waals surface area contributed by atoms with Crippen LogP contribution in [0.15, 0.2) is 48.5 Å². The second-order valence-corrected chi connectivity index (χ2v) is 7.00. The fourth-order valence-electron chi connectivity index (χ4n) is 3.67. The highest BCUT2D eigenvalue weighted by Crippen LogP contribution is 2.36. The Labute approximate surface area is 157 Å². The molecular weight excluding hydrogens is 346 g/mol. The number of hydrogen-bond donors (Lipinski definition) is 0. The molecule has 1 aliphatic carbocycles. The van der Waals surface area contributed by atoms with E-state index in [2.05, 4.69) is 39.5 Å². The Kier molecular flexibility index (Phi) is 4.08. The molecule has 5 heteroatoms. The predicted molar refractivity (Wildman–Crippen MR) is 107 cm³/mol. The van der Waals surface area contributed by atoms with E-state index in [4.69, 9.17) is 4.98 Å². The van der Waals surface area contributed by atoms with Gasteiger partial charge < -0.3 is 9.13 Å². The van der Waals surface area contributed by atoms with Crippen LogP contribution in [0, 0.1) is 5.92 Å². The second-order valence-electron chi connectivity index (χ2n) is 7.00. The topological polar surface area (TPSA) is 39.8 Å². The summed E-state index contributed by atoms with van der Waals surface area (Å²) in [5.41, 5.74) is 4.99. The number of fused-ring (bicyclic) bond motifs is 2. The van der Waals surface area contributed by atoms with Crippen molar-refractivity contribution >= 4 is 40.6 Å². The number of aryl methyl sites for hydroxylation is 1. The normalized spacial score (nSPS) is 13.9. The summed E-state index contributed by atoms with van der Waals surface area (Å²) >= 11 is 0. The summed E-state index contributed by atoms with van der Waals surface area (Å²) in [5, 5.41) is 1.25. The van der Waals surface area contributed by atoms with Gasteiger partial charge in [0.1, 0.15) is 6.29 Å². The molecule has 1 aliphatic rings. The third-order valence-corrected chi connectivity index (χ3v) is 5.22. The third kappa shape index (κ3) is 2.61. The van der Waals surface area contributed by atoms with E-state index < -0.39 is 0 Å². The Morgan fingerprint density at radius 2 is 1.92 bits per heavy atom. The smallest absolute Gasteiger partial charge is 0.157 e. The Morgan fingerprint density at radius 1 is 1.12 bits per heavy atom. The number of hydrogen-bond acceptors (Lipinski definition) is 2. The van der Waals surface area contributed by atoms with Crippen molar-refractivity contribution in [2.24, 2.45) is 13.0 Å². The van der Waals surface area contributed by atoms with Crippen molar-refractivity contribution in [2.75, 3.05) is 0 Å². The van der Waals surface area contributed by atoms with Crippen molar-refractivity contribution < 1.29 is 4.79 Å². The van der Waals surface area contributed by atoms with Crippen LogP contribution < -0.4 is 0 Å². The molecule has 1 fully saturated rings. The van der Waals surface area contributed by atoms with E-state index in [1.165, 1.54) is 23.7 Å². The van der Waals surface area contributed by atoms with Crippen molar-refractivity contribution in [3.05, 3.63) is 54.1 Å². The Hall–Kier alpha value is -2.59. The summed E-state index contributed by atoms with van der Waals surface area (Å²) in [6.45, 7) is 1.05. The maximum atomic E-state index is 11.1. The monoisotopic (exact) mass is 365 g/mol. The molecule has 5 rings (SSSR count). The highest BCUT2D eigenvalue weighted by Gasteiger charge is 2.25. The van der Waals surface area contributed by atoms with Crippen LogP contribution in [0.1, 0.15) is 23.2 Å². The lowest BCUT2D eigenvalue weighted by molar-refractivity contribution is 0.112. The summed E-state index contributed by atoms with van der Waals surface area (Å²) in [4.78, 5) is 15.9. The van der Waals surface area contributed by atoms with Gasteiger partial charge in [-0.3, -0.25) is 4.79 Å². The van der Waals surface area contributed by atoms with Gasteiger partial charge in [-0.15, -0.1) is 12.4 Å². The number of rotatable bonds is 4. The molecule has 0 N–H and O–H groups in total. The quantitative estimate of drug-likeness (QED) is 0.485. The number of benzene rings is 2. The minimum atomic E-state index is 0. The first kappa shape index (κ1) is 16.9. The Bertz CT molecular complexity index is 1120. The highest BCUT2D eigenvalue weighted by molar-refractivity contribution is 5.90. The van der Waals surface area contributed by atoms with Crippen molar-refractivity contribution in [3.8, 4) is 11.5 Å². The molecule has 26 heavy (non-hydrogen) atoms. The molecule has 0 aliphatic heterocycles. The molecule has 0 bridgehead atoms. The Morgan fingerprint density at radius 3 is 2.69 bits per heavy atom. The molecule has 132 valence electrons. The van der Waals surface area contributed by atoms with Gasteiger partial charge in [0.15, 0.2) is 5.82 Å². The zero-order valence-corrected chi connectivity index (χ0v) is 15.4. The summed E-state index contributed by atoms with van der Waals surface area (Å²) in [5.74, 6) is 1.74. The number of carbonyl (C=O) groups excluding carboxylic acids is 1. The summed E-state index contributed by atoms with van der Waals surface area (Å²) in [7, 11) is 2.05. The van der Waals surface area contributed by atoms with Gasteiger partial charge in [0.2, 0.25) is 0 Å². The molecule has 4 aromatic rings. The highest BCUT2D eigenvalue weighted by atomic mass is 35.5. The van der Waals surface area contributed by atoms with Gasteiger partial charge in [-0.2, -0.15) is 0 Å². The SMILES string of the molecule is Cl.Cn1c(-c2cc3ccccc3n2CC2CC2)nc2cc(C=O)ccc21. The van der Waals surface area contributed by atoms with Crippen LogP contribution in [0.25, 0.3) is 33.5 Å². The van der Waals surface area contributed by atoms with Gasteiger partial charge in [0, 0.05) is 30.1 Å².